The molecular formula is C38H62N4O2. The van der Waals surface area contributed by atoms with Crippen molar-refractivity contribution in [3.63, 3.8) is 0 Å². The molecule has 0 unspecified atom stereocenters. The molecule has 2 N–H and O–H groups in total. The zero-order chi connectivity index (χ0) is 31.8. The van der Waals surface area contributed by atoms with Gasteiger partial charge in [0.2, 0.25) is 0 Å². The van der Waals surface area contributed by atoms with Gasteiger partial charge in [-0.3, -0.25) is 20.2 Å². The van der Waals surface area contributed by atoms with Crippen molar-refractivity contribution in [1.29, 1.82) is 0 Å². The van der Waals surface area contributed by atoms with Gasteiger partial charge in [-0.05, 0) is 61.3 Å². The molecule has 0 aromatic heterocycles. The summed E-state index contributed by atoms with van der Waals surface area (Å²) in [6, 6.07) is 15.5. The van der Waals surface area contributed by atoms with E-state index in [1.165, 1.54) is 89.9 Å². The quantitative estimate of drug-likeness (QED) is 0.0875. The number of amides is 2. The molecule has 0 saturated carbocycles. The van der Waals surface area contributed by atoms with Crippen LogP contribution in [0.2, 0.25) is 0 Å². The summed E-state index contributed by atoms with van der Waals surface area (Å²) in [5, 5.41) is 6.81. The minimum Gasteiger partial charge on any atom is -0.329 e. The molecule has 2 rings (SSSR count). The predicted molar refractivity (Wildman–Crippen MR) is 187 cm³/mol. The van der Waals surface area contributed by atoms with E-state index in [1.54, 1.807) is 9.80 Å². The normalized spacial score (nSPS) is 11.1. The van der Waals surface area contributed by atoms with Gasteiger partial charge < -0.3 is 9.80 Å². The number of carbonyl (C=O) groups is 2. The first-order valence-corrected chi connectivity index (χ1v) is 17.6. The van der Waals surface area contributed by atoms with Crippen LogP contribution in [0.15, 0.2) is 48.5 Å². The number of nitrogens with one attached hydrogen (secondary N) is 2. The number of carbonyl (C=O) groups excluding carboxylic acids is 2. The van der Waals surface area contributed by atoms with Gasteiger partial charge in [0, 0.05) is 25.2 Å². The molecule has 0 atom stereocenters. The van der Waals surface area contributed by atoms with Crippen LogP contribution in [0.4, 0.5) is 0 Å². The van der Waals surface area contributed by atoms with Crippen LogP contribution < -0.4 is 10.6 Å². The Bertz CT molecular complexity index is 939. The van der Waals surface area contributed by atoms with E-state index in [0.29, 0.717) is 24.5 Å². The first kappa shape index (κ1) is 37.5. The Morgan fingerprint density at radius 1 is 0.477 bits per heavy atom. The Hall–Kier alpha value is -2.70. The highest BCUT2D eigenvalue weighted by atomic mass is 16.2. The second-order valence-corrected chi connectivity index (χ2v) is 12.4. The fourth-order valence-corrected chi connectivity index (χ4v) is 5.46. The molecule has 0 spiro atoms. The van der Waals surface area contributed by atoms with Crippen LogP contribution in [0.1, 0.15) is 137 Å². The van der Waals surface area contributed by atoms with Crippen LogP contribution >= 0.6 is 0 Å². The average molecular weight is 607 g/mol. The monoisotopic (exact) mass is 606 g/mol. The minimum atomic E-state index is 0.0139. The van der Waals surface area contributed by atoms with Crippen LogP contribution in [0.3, 0.4) is 0 Å². The molecule has 0 aliphatic heterocycles. The van der Waals surface area contributed by atoms with Gasteiger partial charge in [-0.2, -0.15) is 0 Å². The van der Waals surface area contributed by atoms with Crippen LogP contribution in [0.25, 0.3) is 11.1 Å². The first-order chi connectivity index (χ1) is 21.5. The molecule has 0 saturated heterocycles. The van der Waals surface area contributed by atoms with Gasteiger partial charge in [-0.1, -0.05) is 128 Å². The second kappa shape index (κ2) is 23.7. The Morgan fingerprint density at radius 2 is 0.773 bits per heavy atom. The van der Waals surface area contributed by atoms with Crippen LogP contribution in [0, 0.1) is 0 Å². The number of hydrogen-bond acceptors (Lipinski definition) is 4. The maximum Gasteiger partial charge on any atom is 0.254 e. The van der Waals surface area contributed by atoms with Gasteiger partial charge in [0.15, 0.2) is 0 Å². The van der Waals surface area contributed by atoms with Gasteiger partial charge >= 0.3 is 0 Å². The number of hydrogen-bond donors (Lipinski definition) is 2. The minimum absolute atomic E-state index is 0.0139. The number of nitrogens with zero attached hydrogens (tertiary/aromatic N) is 2. The first-order valence-electron chi connectivity index (χ1n) is 17.6. The molecule has 2 aromatic rings. The summed E-state index contributed by atoms with van der Waals surface area (Å²) in [5.41, 5.74) is 3.41. The molecule has 2 aromatic carbocycles. The van der Waals surface area contributed by atoms with E-state index in [9.17, 15) is 9.59 Å². The van der Waals surface area contributed by atoms with Crippen molar-refractivity contribution < 1.29 is 9.59 Å². The van der Waals surface area contributed by atoms with E-state index in [2.05, 4.69) is 24.5 Å². The lowest BCUT2D eigenvalue weighted by Crippen LogP contribution is -2.36. The number of rotatable bonds is 25. The van der Waals surface area contributed by atoms with E-state index in [-0.39, 0.29) is 11.8 Å². The van der Waals surface area contributed by atoms with Crippen molar-refractivity contribution in [1.82, 2.24) is 20.4 Å². The SMILES string of the molecule is CCCCCCCCCCNCN(C)C(=O)c1ccc(-c2ccc(C(=O)N(C)CNCCCCCCCCCC)cc2)cc1. The van der Waals surface area contributed by atoms with Crippen LogP contribution in [0.5, 0.6) is 0 Å². The maximum atomic E-state index is 12.9. The zero-order valence-electron chi connectivity index (χ0n) is 28.5. The van der Waals surface area contributed by atoms with E-state index in [0.717, 1.165) is 37.1 Å². The third-order valence-electron chi connectivity index (χ3n) is 8.40. The van der Waals surface area contributed by atoms with Gasteiger partial charge in [0.05, 0.1) is 13.3 Å². The molecular weight excluding hydrogens is 544 g/mol. The molecule has 0 fully saturated rings. The summed E-state index contributed by atoms with van der Waals surface area (Å²) in [7, 11) is 3.69. The highest BCUT2D eigenvalue weighted by Crippen LogP contribution is 2.21. The van der Waals surface area contributed by atoms with Gasteiger partial charge in [-0.25, -0.2) is 0 Å². The van der Waals surface area contributed by atoms with Crippen molar-refractivity contribution >= 4 is 11.8 Å². The van der Waals surface area contributed by atoms with Crippen molar-refractivity contribution in [2.75, 3.05) is 40.5 Å². The van der Waals surface area contributed by atoms with E-state index in [1.807, 2.05) is 62.6 Å². The molecule has 0 heterocycles. The van der Waals surface area contributed by atoms with Gasteiger partial charge in [-0.15, -0.1) is 0 Å². The summed E-state index contributed by atoms with van der Waals surface area (Å²) in [5.74, 6) is 0.0277. The van der Waals surface area contributed by atoms with Gasteiger partial charge in [0.1, 0.15) is 0 Å². The van der Waals surface area contributed by atoms with Crippen molar-refractivity contribution in [2.24, 2.45) is 0 Å². The Balaban J connectivity index is 1.67. The maximum absolute atomic E-state index is 12.9. The third-order valence-corrected chi connectivity index (χ3v) is 8.40. The smallest absolute Gasteiger partial charge is 0.254 e. The lowest BCUT2D eigenvalue weighted by Gasteiger charge is -2.18. The Morgan fingerprint density at radius 3 is 1.09 bits per heavy atom. The second-order valence-electron chi connectivity index (χ2n) is 12.4. The standard InChI is InChI=1S/C38H62N4O2/c1-5-7-9-11-13-15-17-19-29-39-31-41(3)37(43)35-25-21-33(22-26-35)34-23-27-36(28-24-34)38(44)42(4)32-40-30-20-18-16-14-12-10-8-6-2/h21-28,39-40H,5-20,29-32H2,1-4H3. The Kier molecular flexibility index (Phi) is 20.2. The van der Waals surface area contributed by atoms with E-state index in [4.69, 9.17) is 0 Å². The molecule has 0 aliphatic carbocycles. The lowest BCUT2D eigenvalue weighted by molar-refractivity contribution is 0.0776. The van der Waals surface area contributed by atoms with Crippen LogP contribution in [-0.2, 0) is 0 Å². The summed E-state index contributed by atoms with van der Waals surface area (Å²) >= 11 is 0. The summed E-state index contributed by atoms with van der Waals surface area (Å²) in [4.78, 5) is 29.3. The molecule has 6 nitrogen and oxygen atoms in total. The molecule has 6 heteroatoms. The average Bonchev–Trinajstić information content (AvgIpc) is 3.05. The summed E-state index contributed by atoms with van der Waals surface area (Å²) in [6.45, 7) is 7.49. The van der Waals surface area contributed by atoms with E-state index < -0.39 is 0 Å². The van der Waals surface area contributed by atoms with Gasteiger partial charge in [0.25, 0.3) is 11.8 Å². The number of benzene rings is 2. The topological polar surface area (TPSA) is 64.7 Å². The predicted octanol–water partition coefficient (Wildman–Crippen LogP) is 8.87. The molecule has 0 bridgehead atoms. The summed E-state index contributed by atoms with van der Waals surface area (Å²) in [6.07, 6.45) is 20.9. The fraction of sp³-hybridized carbons (Fsp3) is 0.632. The third kappa shape index (κ3) is 15.3. The lowest BCUT2D eigenvalue weighted by atomic mass is 10.0. The largest absolute Gasteiger partial charge is 0.329 e. The van der Waals surface area contributed by atoms with E-state index >= 15 is 0 Å². The molecule has 0 aliphatic rings. The highest BCUT2D eigenvalue weighted by Gasteiger charge is 2.13. The number of unbranched alkanes of at least 4 members (excludes halogenated alkanes) is 14. The zero-order valence-corrected chi connectivity index (χ0v) is 28.5. The molecule has 44 heavy (non-hydrogen) atoms. The van der Waals surface area contributed by atoms with Crippen molar-refractivity contribution in [2.45, 2.75) is 117 Å². The molecule has 0 radical (unpaired) electrons. The molecule has 246 valence electrons. The summed E-state index contributed by atoms with van der Waals surface area (Å²) < 4.78 is 0. The molecule has 2 amide bonds. The van der Waals surface area contributed by atoms with Crippen molar-refractivity contribution in [3.8, 4) is 11.1 Å². The van der Waals surface area contributed by atoms with Crippen molar-refractivity contribution in [3.05, 3.63) is 59.7 Å². The highest BCUT2D eigenvalue weighted by molar-refractivity contribution is 5.95. The fourth-order valence-electron chi connectivity index (χ4n) is 5.46. The Labute approximate surface area is 269 Å². The van der Waals surface area contributed by atoms with Crippen LogP contribution in [-0.4, -0.2) is 62.1 Å².